The maximum absolute atomic E-state index is 12.7. The number of benzene rings is 2. The average Bonchev–Trinajstić information content (AvgIpc) is 2.83. The average molecular weight is 334 g/mol. The molecular formula is C17H16ClNO2S. The molecule has 1 heterocycles. The van der Waals surface area contributed by atoms with Gasteiger partial charge in [0.05, 0.1) is 11.1 Å². The van der Waals surface area contributed by atoms with Crippen LogP contribution in [0.2, 0.25) is 5.02 Å². The van der Waals surface area contributed by atoms with Crippen LogP contribution in [0.25, 0.3) is 6.08 Å². The van der Waals surface area contributed by atoms with Gasteiger partial charge in [0.1, 0.15) is 0 Å². The van der Waals surface area contributed by atoms with Gasteiger partial charge < -0.3 is 0 Å². The van der Waals surface area contributed by atoms with Crippen LogP contribution in [0.15, 0.2) is 53.9 Å². The summed E-state index contributed by atoms with van der Waals surface area (Å²) in [6.45, 7) is 1.92. The van der Waals surface area contributed by atoms with Gasteiger partial charge in [-0.05, 0) is 48.7 Å². The number of hydrogen-bond acceptors (Lipinski definition) is 2. The molecule has 22 heavy (non-hydrogen) atoms. The summed E-state index contributed by atoms with van der Waals surface area (Å²) >= 11 is 5.83. The fourth-order valence-corrected chi connectivity index (χ4v) is 4.34. The molecule has 3 rings (SSSR count). The van der Waals surface area contributed by atoms with E-state index in [2.05, 4.69) is 0 Å². The third kappa shape index (κ3) is 2.89. The molecule has 0 amide bonds. The van der Waals surface area contributed by atoms with Crippen molar-refractivity contribution in [2.45, 2.75) is 19.4 Å². The highest BCUT2D eigenvalue weighted by Gasteiger charge is 2.33. The van der Waals surface area contributed by atoms with Crippen molar-refractivity contribution >= 4 is 33.4 Å². The lowest BCUT2D eigenvalue weighted by Gasteiger charge is -2.22. The van der Waals surface area contributed by atoms with Gasteiger partial charge in [0, 0.05) is 11.1 Å². The molecule has 3 nitrogen and oxygen atoms in total. The molecule has 0 unspecified atom stereocenters. The highest BCUT2D eigenvalue weighted by Crippen LogP contribution is 2.34. The third-order valence-electron chi connectivity index (χ3n) is 3.72. The number of fused-ring (bicyclic) bond motifs is 1. The number of rotatable bonds is 3. The molecule has 0 saturated carbocycles. The molecule has 1 aliphatic rings. The van der Waals surface area contributed by atoms with Gasteiger partial charge in [-0.25, -0.2) is 8.42 Å². The van der Waals surface area contributed by atoms with E-state index in [-0.39, 0.29) is 6.04 Å². The summed E-state index contributed by atoms with van der Waals surface area (Å²) in [6.07, 6.45) is 2.34. The Hall–Kier alpha value is -1.78. The molecule has 114 valence electrons. The van der Waals surface area contributed by atoms with Crippen LogP contribution in [0.3, 0.4) is 0 Å². The lowest BCUT2D eigenvalue weighted by atomic mass is 10.1. The summed E-state index contributed by atoms with van der Waals surface area (Å²) in [5.41, 5.74) is 2.64. The lowest BCUT2D eigenvalue weighted by molar-refractivity contribution is 0.593. The van der Waals surface area contributed by atoms with Crippen molar-refractivity contribution in [3.8, 4) is 0 Å². The van der Waals surface area contributed by atoms with E-state index in [9.17, 15) is 8.42 Å². The highest BCUT2D eigenvalue weighted by molar-refractivity contribution is 7.95. The number of hydrogen-bond donors (Lipinski definition) is 0. The van der Waals surface area contributed by atoms with Crippen LogP contribution < -0.4 is 4.31 Å². The van der Waals surface area contributed by atoms with E-state index in [1.807, 2.05) is 31.2 Å². The largest absolute Gasteiger partial charge is 0.263 e. The van der Waals surface area contributed by atoms with Crippen molar-refractivity contribution in [1.82, 2.24) is 0 Å². The Morgan fingerprint density at radius 1 is 1.14 bits per heavy atom. The van der Waals surface area contributed by atoms with Crippen molar-refractivity contribution in [3.63, 3.8) is 0 Å². The Bertz CT molecular complexity index is 813. The normalized spacial score (nSPS) is 17.9. The second-order valence-corrected chi connectivity index (χ2v) is 7.51. The zero-order valence-electron chi connectivity index (χ0n) is 12.1. The minimum absolute atomic E-state index is 0.0720. The molecule has 0 bridgehead atoms. The number of halogens is 1. The van der Waals surface area contributed by atoms with Gasteiger partial charge in [-0.15, -0.1) is 0 Å². The second-order valence-electron chi connectivity index (χ2n) is 5.38. The number of para-hydroxylation sites is 1. The SMILES string of the molecule is C[C@@H]1Cc2ccccc2N1S(=O)(=O)/C=C/c1ccc(Cl)cc1. The van der Waals surface area contributed by atoms with E-state index < -0.39 is 10.0 Å². The Labute approximate surface area is 135 Å². The van der Waals surface area contributed by atoms with E-state index >= 15 is 0 Å². The van der Waals surface area contributed by atoms with Crippen LogP contribution in [0, 0.1) is 0 Å². The lowest BCUT2D eigenvalue weighted by Crippen LogP contribution is -2.34. The first-order valence-corrected chi connectivity index (χ1v) is 8.91. The van der Waals surface area contributed by atoms with E-state index in [1.165, 1.54) is 9.71 Å². The molecule has 1 aliphatic heterocycles. The van der Waals surface area contributed by atoms with Crippen LogP contribution in [0.1, 0.15) is 18.1 Å². The molecule has 0 radical (unpaired) electrons. The van der Waals surface area contributed by atoms with Crippen LogP contribution >= 0.6 is 11.6 Å². The van der Waals surface area contributed by atoms with E-state index in [4.69, 9.17) is 11.6 Å². The number of sulfonamides is 1. The van der Waals surface area contributed by atoms with E-state index in [1.54, 1.807) is 30.3 Å². The molecule has 1 atom stereocenters. The Morgan fingerprint density at radius 2 is 1.82 bits per heavy atom. The van der Waals surface area contributed by atoms with Gasteiger partial charge >= 0.3 is 0 Å². The second kappa shape index (κ2) is 5.78. The monoisotopic (exact) mass is 333 g/mol. The fourth-order valence-electron chi connectivity index (χ4n) is 2.73. The Kier molecular flexibility index (Phi) is 3.98. The molecule has 0 fully saturated rings. The summed E-state index contributed by atoms with van der Waals surface area (Å²) in [4.78, 5) is 0. The number of nitrogens with zero attached hydrogens (tertiary/aromatic N) is 1. The van der Waals surface area contributed by atoms with Crippen molar-refractivity contribution in [2.24, 2.45) is 0 Å². The Balaban J connectivity index is 1.92. The van der Waals surface area contributed by atoms with Gasteiger partial charge in [-0.3, -0.25) is 4.31 Å². The summed E-state index contributed by atoms with van der Waals surface area (Å²) in [7, 11) is -3.51. The van der Waals surface area contributed by atoms with Gasteiger partial charge in [0.15, 0.2) is 0 Å². The molecule has 0 aliphatic carbocycles. The van der Waals surface area contributed by atoms with Crippen LogP contribution in [-0.4, -0.2) is 14.5 Å². The first-order chi connectivity index (χ1) is 10.5. The third-order valence-corrected chi connectivity index (χ3v) is 5.56. The fraction of sp³-hybridized carbons (Fsp3) is 0.176. The van der Waals surface area contributed by atoms with Gasteiger partial charge in [0.25, 0.3) is 10.0 Å². The molecule has 0 aromatic heterocycles. The quantitative estimate of drug-likeness (QED) is 0.848. The Morgan fingerprint density at radius 3 is 2.55 bits per heavy atom. The molecule has 2 aromatic carbocycles. The maximum Gasteiger partial charge on any atom is 0.257 e. The first-order valence-electron chi connectivity index (χ1n) is 7.03. The molecular weight excluding hydrogens is 318 g/mol. The van der Waals surface area contributed by atoms with Crippen molar-refractivity contribution in [2.75, 3.05) is 4.31 Å². The van der Waals surface area contributed by atoms with Gasteiger partial charge in [-0.1, -0.05) is 41.9 Å². The summed E-state index contributed by atoms with van der Waals surface area (Å²) in [5, 5.41) is 1.89. The van der Waals surface area contributed by atoms with Gasteiger partial charge in [0.2, 0.25) is 0 Å². The zero-order valence-corrected chi connectivity index (χ0v) is 13.7. The summed E-state index contributed by atoms with van der Waals surface area (Å²) in [5.74, 6) is 0. The zero-order chi connectivity index (χ0) is 15.7. The van der Waals surface area contributed by atoms with Crippen molar-refractivity contribution in [1.29, 1.82) is 0 Å². The summed E-state index contributed by atoms with van der Waals surface area (Å²) < 4.78 is 26.8. The number of anilines is 1. The van der Waals surface area contributed by atoms with Crippen LogP contribution in [0.4, 0.5) is 5.69 Å². The minimum atomic E-state index is -3.51. The maximum atomic E-state index is 12.7. The van der Waals surface area contributed by atoms with Crippen molar-refractivity contribution in [3.05, 3.63) is 70.1 Å². The molecule has 0 saturated heterocycles. The molecule has 2 aromatic rings. The topological polar surface area (TPSA) is 37.4 Å². The van der Waals surface area contributed by atoms with Crippen LogP contribution in [0.5, 0.6) is 0 Å². The molecule has 0 N–H and O–H groups in total. The highest BCUT2D eigenvalue weighted by atomic mass is 35.5. The predicted molar refractivity (Wildman–Crippen MR) is 91.5 cm³/mol. The first kappa shape index (κ1) is 15.1. The summed E-state index contributed by atoms with van der Waals surface area (Å²) in [6, 6.07) is 14.6. The van der Waals surface area contributed by atoms with Gasteiger partial charge in [-0.2, -0.15) is 0 Å². The molecule has 5 heteroatoms. The smallest absolute Gasteiger partial charge is 0.257 e. The van der Waals surface area contributed by atoms with Crippen molar-refractivity contribution < 1.29 is 8.42 Å². The molecule has 0 spiro atoms. The van der Waals surface area contributed by atoms with E-state index in [0.29, 0.717) is 5.02 Å². The van der Waals surface area contributed by atoms with Crippen LogP contribution in [-0.2, 0) is 16.4 Å². The minimum Gasteiger partial charge on any atom is -0.263 e. The predicted octanol–water partition coefficient (Wildman–Crippen LogP) is 4.09. The standard InChI is InChI=1S/C17H16ClNO2S/c1-13-12-15-4-2-3-5-17(15)19(13)22(20,21)11-10-14-6-8-16(18)9-7-14/h2-11,13H,12H2,1H3/b11-10+/t13-/m1/s1. The van der Waals surface area contributed by atoms with E-state index in [0.717, 1.165) is 23.2 Å².